The van der Waals surface area contributed by atoms with Crippen molar-refractivity contribution >= 4 is 28.6 Å². The number of amides is 1. The van der Waals surface area contributed by atoms with Gasteiger partial charge in [0.25, 0.3) is 11.6 Å². The highest BCUT2D eigenvalue weighted by Crippen LogP contribution is 2.25. The molecule has 0 unspecified atom stereocenters. The molecule has 9 nitrogen and oxygen atoms in total. The van der Waals surface area contributed by atoms with Gasteiger partial charge in [-0.15, -0.1) is 16.4 Å². The zero-order valence-electron chi connectivity index (χ0n) is 13.7. The third-order valence-corrected chi connectivity index (χ3v) is 4.52. The van der Waals surface area contributed by atoms with Crippen LogP contribution in [0.15, 0.2) is 44.9 Å². The van der Waals surface area contributed by atoms with E-state index in [9.17, 15) is 19.7 Å². The zero-order chi connectivity index (χ0) is 18.7. The summed E-state index contributed by atoms with van der Waals surface area (Å²) in [6, 6.07) is 8.03. The molecule has 0 aliphatic rings. The van der Waals surface area contributed by atoms with Crippen LogP contribution in [0.2, 0.25) is 0 Å². The largest absolute Gasteiger partial charge is 0.437 e. The first-order valence-electron chi connectivity index (χ1n) is 7.61. The number of anilines is 1. The van der Waals surface area contributed by atoms with Crippen molar-refractivity contribution < 1.29 is 14.1 Å². The fraction of sp³-hybridized carbons (Fsp3) is 0.188. The number of nitrogens with zero attached hydrogens (tertiary/aromatic N) is 3. The first-order valence-corrected chi connectivity index (χ1v) is 8.49. The van der Waals surface area contributed by atoms with Gasteiger partial charge >= 0.3 is 5.76 Å². The Labute approximate surface area is 151 Å². The highest BCUT2D eigenvalue weighted by molar-refractivity contribution is 7.13. The van der Waals surface area contributed by atoms with Crippen molar-refractivity contribution in [2.45, 2.75) is 19.9 Å². The third-order valence-electron chi connectivity index (χ3n) is 3.66. The first kappa shape index (κ1) is 17.5. The molecule has 0 spiro atoms. The Balaban J connectivity index is 1.66. The summed E-state index contributed by atoms with van der Waals surface area (Å²) in [6.45, 7) is 1.59. The van der Waals surface area contributed by atoms with Crippen LogP contribution in [-0.4, -0.2) is 20.6 Å². The van der Waals surface area contributed by atoms with E-state index in [0.717, 1.165) is 9.56 Å². The standard InChI is InChI=1S/C16H14N4O5S/c1-10-11(4-2-5-12(10)20(23)24)17-14(21)7-8-19-16(22)25-15(18-19)13-6-3-9-26-13/h2-6,9H,7-8H2,1H3,(H,17,21). The van der Waals surface area contributed by atoms with E-state index < -0.39 is 10.7 Å². The maximum atomic E-state index is 12.1. The predicted octanol–water partition coefficient (Wildman–Crippen LogP) is 2.81. The fourth-order valence-corrected chi connectivity index (χ4v) is 2.97. The summed E-state index contributed by atoms with van der Waals surface area (Å²) < 4.78 is 6.15. The average molecular weight is 374 g/mol. The van der Waals surface area contributed by atoms with Gasteiger partial charge in [-0.05, 0) is 24.4 Å². The van der Waals surface area contributed by atoms with E-state index in [0.29, 0.717) is 11.3 Å². The van der Waals surface area contributed by atoms with Gasteiger partial charge in [0.2, 0.25) is 5.91 Å². The number of aromatic nitrogens is 2. The second-order valence-corrected chi connectivity index (χ2v) is 6.33. The van der Waals surface area contributed by atoms with E-state index in [1.165, 1.54) is 23.5 Å². The molecule has 0 saturated heterocycles. The number of benzene rings is 1. The summed E-state index contributed by atoms with van der Waals surface area (Å²) in [7, 11) is 0. The van der Waals surface area contributed by atoms with Crippen LogP contribution in [0.4, 0.5) is 11.4 Å². The minimum Gasteiger partial charge on any atom is -0.387 e. The maximum absolute atomic E-state index is 12.1. The highest BCUT2D eigenvalue weighted by atomic mass is 32.1. The lowest BCUT2D eigenvalue weighted by molar-refractivity contribution is -0.385. The summed E-state index contributed by atoms with van der Waals surface area (Å²) >= 11 is 1.39. The van der Waals surface area contributed by atoms with Gasteiger partial charge in [-0.1, -0.05) is 12.1 Å². The molecule has 0 saturated carbocycles. The van der Waals surface area contributed by atoms with Gasteiger partial charge in [-0.3, -0.25) is 14.9 Å². The van der Waals surface area contributed by atoms with E-state index in [1.807, 2.05) is 11.4 Å². The Hall–Kier alpha value is -3.27. The lowest BCUT2D eigenvalue weighted by Gasteiger charge is -2.08. The first-order chi connectivity index (χ1) is 12.5. The number of hydrogen-bond donors (Lipinski definition) is 1. The summed E-state index contributed by atoms with van der Waals surface area (Å²) in [5.74, 6) is -0.825. The molecule has 0 atom stereocenters. The second kappa shape index (κ2) is 7.31. The second-order valence-electron chi connectivity index (χ2n) is 5.38. The van der Waals surface area contributed by atoms with Gasteiger partial charge < -0.3 is 9.73 Å². The van der Waals surface area contributed by atoms with Gasteiger partial charge in [0.1, 0.15) is 0 Å². The van der Waals surface area contributed by atoms with Crippen LogP contribution in [0.5, 0.6) is 0 Å². The number of aryl methyl sites for hydroxylation is 1. The number of rotatable bonds is 6. The van der Waals surface area contributed by atoms with Crippen molar-refractivity contribution in [1.29, 1.82) is 0 Å². The minimum atomic E-state index is -0.646. The van der Waals surface area contributed by atoms with Crippen molar-refractivity contribution in [3.8, 4) is 10.8 Å². The molecular formula is C16H14N4O5S. The van der Waals surface area contributed by atoms with Crippen LogP contribution < -0.4 is 11.1 Å². The number of carbonyl (C=O) groups excluding carboxylic acids is 1. The third kappa shape index (κ3) is 3.70. The highest BCUT2D eigenvalue weighted by Gasteiger charge is 2.16. The molecule has 1 aromatic carbocycles. The molecule has 0 radical (unpaired) electrons. The molecule has 3 aromatic rings. The molecule has 2 heterocycles. The van der Waals surface area contributed by atoms with E-state index in [-0.39, 0.29) is 30.5 Å². The summed E-state index contributed by atoms with van der Waals surface area (Å²) in [4.78, 5) is 35.1. The number of hydrogen-bond acceptors (Lipinski definition) is 7. The number of carbonyl (C=O) groups is 1. The quantitative estimate of drug-likeness (QED) is 0.523. The Kier molecular flexibility index (Phi) is 4.94. The van der Waals surface area contributed by atoms with Gasteiger partial charge in [0.05, 0.1) is 27.6 Å². The van der Waals surface area contributed by atoms with Crippen molar-refractivity contribution in [2.75, 3.05) is 5.32 Å². The van der Waals surface area contributed by atoms with Crippen LogP contribution in [0.1, 0.15) is 12.0 Å². The smallest absolute Gasteiger partial charge is 0.387 e. The van der Waals surface area contributed by atoms with Crippen LogP contribution in [0.3, 0.4) is 0 Å². The molecule has 2 aromatic heterocycles. The molecular weight excluding hydrogens is 360 g/mol. The molecule has 1 amide bonds. The van der Waals surface area contributed by atoms with E-state index in [4.69, 9.17) is 4.42 Å². The summed E-state index contributed by atoms with van der Waals surface area (Å²) in [5.41, 5.74) is 0.650. The molecule has 0 aliphatic carbocycles. The van der Waals surface area contributed by atoms with Gasteiger partial charge in [0, 0.05) is 12.5 Å². The molecule has 3 rings (SSSR count). The van der Waals surface area contributed by atoms with Crippen LogP contribution >= 0.6 is 11.3 Å². The Morgan fingerprint density at radius 2 is 2.19 bits per heavy atom. The SMILES string of the molecule is Cc1c(NC(=O)CCn2nc(-c3cccs3)oc2=O)cccc1[N+](=O)[O-]. The van der Waals surface area contributed by atoms with Gasteiger partial charge in [0.15, 0.2) is 0 Å². The predicted molar refractivity (Wildman–Crippen MR) is 95.2 cm³/mol. The number of thiophene rings is 1. The molecule has 10 heteroatoms. The zero-order valence-corrected chi connectivity index (χ0v) is 14.5. The Bertz CT molecular complexity index is 1010. The Morgan fingerprint density at radius 3 is 2.88 bits per heavy atom. The lowest BCUT2D eigenvalue weighted by Crippen LogP contribution is -2.21. The molecule has 1 N–H and O–H groups in total. The van der Waals surface area contributed by atoms with E-state index in [1.54, 1.807) is 19.1 Å². The van der Waals surface area contributed by atoms with Gasteiger partial charge in [-0.25, -0.2) is 4.79 Å². The van der Waals surface area contributed by atoms with Crippen molar-refractivity contribution in [3.63, 3.8) is 0 Å². The lowest BCUT2D eigenvalue weighted by atomic mass is 10.1. The van der Waals surface area contributed by atoms with Crippen molar-refractivity contribution in [2.24, 2.45) is 0 Å². The van der Waals surface area contributed by atoms with Crippen LogP contribution in [0.25, 0.3) is 10.8 Å². The summed E-state index contributed by atoms with van der Waals surface area (Å²) in [6.07, 6.45) is -0.0293. The monoisotopic (exact) mass is 374 g/mol. The average Bonchev–Trinajstić information content (AvgIpc) is 3.24. The topological polar surface area (TPSA) is 120 Å². The minimum absolute atomic E-state index is 0.0293. The van der Waals surface area contributed by atoms with Crippen LogP contribution in [0, 0.1) is 17.0 Å². The van der Waals surface area contributed by atoms with Crippen molar-refractivity contribution in [1.82, 2.24) is 9.78 Å². The van der Waals surface area contributed by atoms with Gasteiger partial charge in [-0.2, -0.15) is 4.68 Å². The maximum Gasteiger partial charge on any atom is 0.437 e. The number of nitrogens with one attached hydrogen (secondary N) is 1. The molecule has 134 valence electrons. The molecule has 0 bridgehead atoms. The Morgan fingerprint density at radius 1 is 1.38 bits per heavy atom. The fourth-order valence-electron chi connectivity index (χ4n) is 2.32. The molecule has 0 fully saturated rings. The normalized spacial score (nSPS) is 10.7. The number of nitro benzene ring substituents is 1. The van der Waals surface area contributed by atoms with Crippen LogP contribution in [-0.2, 0) is 11.3 Å². The van der Waals surface area contributed by atoms with E-state index in [2.05, 4.69) is 10.4 Å². The summed E-state index contributed by atoms with van der Waals surface area (Å²) in [5, 5.41) is 19.5. The van der Waals surface area contributed by atoms with E-state index >= 15 is 0 Å². The van der Waals surface area contributed by atoms with Crippen molar-refractivity contribution in [3.05, 3.63) is 61.9 Å². The number of nitro groups is 1. The molecule has 0 aliphatic heterocycles. The molecule has 26 heavy (non-hydrogen) atoms.